The molecule has 122 valence electrons. The first-order valence-corrected chi connectivity index (χ1v) is 6.96. The van der Waals surface area contributed by atoms with Gasteiger partial charge >= 0.3 is 12.3 Å². The van der Waals surface area contributed by atoms with Gasteiger partial charge in [-0.1, -0.05) is 6.07 Å². The molecule has 0 atom stereocenters. The van der Waals surface area contributed by atoms with E-state index >= 15 is 0 Å². The lowest BCUT2D eigenvalue weighted by atomic mass is 9.78. The number of methoxy groups -OCH3 is 1. The number of benzene rings is 1. The molecule has 0 aliphatic heterocycles. The van der Waals surface area contributed by atoms with Crippen molar-refractivity contribution in [2.75, 3.05) is 7.11 Å². The van der Waals surface area contributed by atoms with Crippen LogP contribution in [0.3, 0.4) is 0 Å². The van der Waals surface area contributed by atoms with Crippen LogP contribution in [0.25, 0.3) is 0 Å². The summed E-state index contributed by atoms with van der Waals surface area (Å²) in [6.07, 6.45) is -2.28. The van der Waals surface area contributed by atoms with Gasteiger partial charge in [0, 0.05) is 6.07 Å². The number of hydrogen-bond donors (Lipinski definition) is 1. The van der Waals surface area contributed by atoms with Crippen molar-refractivity contribution in [3.8, 4) is 11.5 Å². The highest BCUT2D eigenvalue weighted by Gasteiger charge is 2.32. The highest BCUT2D eigenvalue weighted by Crippen LogP contribution is 2.41. The summed E-state index contributed by atoms with van der Waals surface area (Å²) in [7, 11) is 1.39. The number of alkyl halides is 3. The number of aliphatic carboxylic acids is 1. The Balaban J connectivity index is 2.13. The molecule has 0 heterocycles. The maximum Gasteiger partial charge on any atom is 0.573 e. The zero-order valence-corrected chi connectivity index (χ0v) is 12.0. The van der Waals surface area contributed by atoms with Crippen LogP contribution in [-0.4, -0.2) is 24.5 Å². The Hall–Kier alpha value is -1.92. The summed E-state index contributed by atoms with van der Waals surface area (Å²) in [6, 6.07) is 4.03. The van der Waals surface area contributed by atoms with E-state index in [1.165, 1.54) is 19.2 Å². The number of carbonyl (C=O) groups is 1. The van der Waals surface area contributed by atoms with Crippen LogP contribution in [0, 0.1) is 5.92 Å². The van der Waals surface area contributed by atoms with Crippen LogP contribution >= 0.6 is 0 Å². The van der Waals surface area contributed by atoms with E-state index in [-0.39, 0.29) is 17.6 Å². The first-order chi connectivity index (χ1) is 10.3. The van der Waals surface area contributed by atoms with Crippen molar-refractivity contribution in [3.63, 3.8) is 0 Å². The van der Waals surface area contributed by atoms with Crippen molar-refractivity contribution in [2.24, 2.45) is 5.92 Å². The first-order valence-electron chi connectivity index (χ1n) is 6.96. The van der Waals surface area contributed by atoms with Gasteiger partial charge in [0.15, 0.2) is 0 Å². The molecule has 0 saturated heterocycles. The molecule has 4 nitrogen and oxygen atoms in total. The van der Waals surface area contributed by atoms with E-state index in [0.717, 1.165) is 5.56 Å². The lowest BCUT2D eigenvalue weighted by molar-refractivity contribution is -0.274. The third kappa shape index (κ3) is 4.05. The number of carboxylic acids is 1. The van der Waals surface area contributed by atoms with E-state index in [9.17, 15) is 18.0 Å². The SMILES string of the molecule is COc1cc(OC(F)(F)F)ccc1C1CCC(C(=O)O)CC1. The van der Waals surface area contributed by atoms with Gasteiger partial charge in [0.2, 0.25) is 0 Å². The van der Waals surface area contributed by atoms with Crippen LogP contribution in [0.1, 0.15) is 37.2 Å². The van der Waals surface area contributed by atoms with Gasteiger partial charge in [0.1, 0.15) is 11.5 Å². The van der Waals surface area contributed by atoms with Crippen LogP contribution in [0.15, 0.2) is 18.2 Å². The molecule has 1 saturated carbocycles. The van der Waals surface area contributed by atoms with Gasteiger partial charge in [0.25, 0.3) is 0 Å². The monoisotopic (exact) mass is 318 g/mol. The second-order valence-electron chi connectivity index (χ2n) is 5.34. The largest absolute Gasteiger partial charge is 0.573 e. The van der Waals surface area contributed by atoms with Crippen molar-refractivity contribution in [1.29, 1.82) is 0 Å². The van der Waals surface area contributed by atoms with E-state index in [2.05, 4.69) is 4.74 Å². The molecule has 0 amide bonds. The average molecular weight is 318 g/mol. The molecular weight excluding hydrogens is 301 g/mol. The first kappa shape index (κ1) is 16.5. The summed E-state index contributed by atoms with van der Waals surface area (Å²) >= 11 is 0. The van der Waals surface area contributed by atoms with Gasteiger partial charge in [-0.3, -0.25) is 4.79 Å². The minimum absolute atomic E-state index is 0.0884. The van der Waals surface area contributed by atoms with Crippen LogP contribution in [0.4, 0.5) is 13.2 Å². The molecule has 1 aliphatic rings. The predicted octanol–water partition coefficient (Wildman–Crippen LogP) is 3.95. The van der Waals surface area contributed by atoms with Crippen molar-refractivity contribution in [1.82, 2.24) is 0 Å². The van der Waals surface area contributed by atoms with Gasteiger partial charge < -0.3 is 14.6 Å². The van der Waals surface area contributed by atoms with Gasteiger partial charge in [-0.25, -0.2) is 0 Å². The average Bonchev–Trinajstić information content (AvgIpc) is 2.45. The molecular formula is C15H17F3O4. The molecule has 7 heteroatoms. The summed E-state index contributed by atoms with van der Waals surface area (Å²) < 4.78 is 45.7. The molecule has 22 heavy (non-hydrogen) atoms. The molecule has 0 spiro atoms. The number of hydrogen-bond acceptors (Lipinski definition) is 3. The molecule has 1 aromatic carbocycles. The van der Waals surface area contributed by atoms with E-state index in [1.54, 1.807) is 6.07 Å². The third-order valence-electron chi connectivity index (χ3n) is 3.95. The fraction of sp³-hybridized carbons (Fsp3) is 0.533. The summed E-state index contributed by atoms with van der Waals surface area (Å²) in [4.78, 5) is 11.0. The minimum Gasteiger partial charge on any atom is -0.496 e. The Morgan fingerprint density at radius 1 is 1.23 bits per heavy atom. The fourth-order valence-corrected chi connectivity index (χ4v) is 2.88. The van der Waals surface area contributed by atoms with Crippen LogP contribution < -0.4 is 9.47 Å². The fourth-order valence-electron chi connectivity index (χ4n) is 2.88. The molecule has 0 aromatic heterocycles. The zero-order valence-electron chi connectivity index (χ0n) is 12.0. The Labute approximate surface area is 125 Å². The Kier molecular flexibility index (Phi) is 4.83. The summed E-state index contributed by atoms with van der Waals surface area (Å²) in [5.74, 6) is -1.03. The smallest absolute Gasteiger partial charge is 0.496 e. The molecule has 1 N–H and O–H groups in total. The molecule has 1 aliphatic carbocycles. The van der Waals surface area contributed by atoms with Crippen molar-refractivity contribution >= 4 is 5.97 Å². The third-order valence-corrected chi connectivity index (χ3v) is 3.95. The van der Waals surface area contributed by atoms with Crippen molar-refractivity contribution in [3.05, 3.63) is 23.8 Å². The molecule has 0 radical (unpaired) electrons. The van der Waals surface area contributed by atoms with Crippen molar-refractivity contribution in [2.45, 2.75) is 38.0 Å². The number of ether oxygens (including phenoxy) is 2. The quantitative estimate of drug-likeness (QED) is 0.913. The number of rotatable bonds is 4. The number of carboxylic acid groups (broad SMARTS) is 1. The maximum absolute atomic E-state index is 12.2. The van der Waals surface area contributed by atoms with E-state index < -0.39 is 12.3 Å². The molecule has 0 unspecified atom stereocenters. The van der Waals surface area contributed by atoms with Gasteiger partial charge in [-0.15, -0.1) is 13.2 Å². The number of halogens is 3. The Bertz CT molecular complexity index is 534. The lowest BCUT2D eigenvalue weighted by Crippen LogP contribution is -2.21. The van der Waals surface area contributed by atoms with Gasteiger partial charge in [-0.2, -0.15) is 0 Å². The molecule has 1 aromatic rings. The topological polar surface area (TPSA) is 55.8 Å². The standard InChI is InChI=1S/C15H17F3O4/c1-21-13-8-11(22-15(16,17)18)6-7-12(13)9-2-4-10(5-3-9)14(19)20/h6-10H,2-5H2,1H3,(H,19,20). The van der Waals surface area contributed by atoms with Crippen molar-refractivity contribution < 1.29 is 32.5 Å². The molecule has 1 fully saturated rings. The summed E-state index contributed by atoms with van der Waals surface area (Å²) in [5, 5.41) is 8.99. The highest BCUT2D eigenvalue weighted by molar-refractivity contribution is 5.70. The van der Waals surface area contributed by atoms with Gasteiger partial charge in [0.05, 0.1) is 13.0 Å². The highest BCUT2D eigenvalue weighted by atomic mass is 19.4. The van der Waals surface area contributed by atoms with Gasteiger partial charge in [-0.05, 0) is 43.2 Å². The summed E-state index contributed by atoms with van der Waals surface area (Å²) in [6.45, 7) is 0. The zero-order chi connectivity index (χ0) is 16.3. The van der Waals surface area contributed by atoms with Crippen LogP contribution in [-0.2, 0) is 4.79 Å². The van der Waals surface area contributed by atoms with Crippen LogP contribution in [0.2, 0.25) is 0 Å². The lowest BCUT2D eigenvalue weighted by Gasteiger charge is -2.27. The van der Waals surface area contributed by atoms with E-state index in [1.807, 2.05) is 0 Å². The second kappa shape index (κ2) is 6.46. The Morgan fingerprint density at radius 2 is 1.86 bits per heavy atom. The maximum atomic E-state index is 12.2. The minimum atomic E-state index is -4.74. The Morgan fingerprint density at radius 3 is 2.36 bits per heavy atom. The van der Waals surface area contributed by atoms with Crippen LogP contribution in [0.5, 0.6) is 11.5 Å². The second-order valence-corrected chi connectivity index (χ2v) is 5.34. The summed E-state index contributed by atoms with van der Waals surface area (Å²) in [5.41, 5.74) is 0.792. The van der Waals surface area contributed by atoms with E-state index in [4.69, 9.17) is 9.84 Å². The van der Waals surface area contributed by atoms with E-state index in [0.29, 0.717) is 31.4 Å². The normalized spacial score (nSPS) is 22.2. The molecule has 2 rings (SSSR count). The molecule has 0 bridgehead atoms. The predicted molar refractivity (Wildman–Crippen MR) is 72.0 cm³/mol.